The Hall–Kier alpha value is -4.67. The van der Waals surface area contributed by atoms with Gasteiger partial charge in [-0.25, -0.2) is 9.59 Å². The predicted molar refractivity (Wildman–Crippen MR) is 179 cm³/mol. The summed E-state index contributed by atoms with van der Waals surface area (Å²) in [6.45, 7) is 0.0560. The first kappa shape index (κ1) is 33.2. The number of carbonyl (C=O) groups excluding carboxylic acids is 3. The third kappa shape index (κ3) is 7.89. The number of benzene rings is 2. The van der Waals surface area contributed by atoms with Gasteiger partial charge in [0.1, 0.15) is 29.8 Å². The number of alkyl carbamates (subject to hydrolysis) is 1. The first-order valence-corrected chi connectivity index (χ1v) is 17.2. The average Bonchev–Trinajstić information content (AvgIpc) is 3.37. The molecule has 11 nitrogen and oxygen atoms in total. The molecule has 1 unspecified atom stereocenters. The number of allylic oxidation sites excluding steroid dienone is 1. The van der Waals surface area contributed by atoms with Crippen molar-refractivity contribution in [1.82, 2.24) is 15.5 Å². The van der Waals surface area contributed by atoms with E-state index < -0.39 is 47.6 Å². The Morgan fingerprint density at radius 3 is 2.42 bits per heavy atom. The van der Waals surface area contributed by atoms with Crippen molar-refractivity contribution in [3.8, 4) is 11.1 Å². The van der Waals surface area contributed by atoms with Crippen molar-refractivity contribution in [1.29, 1.82) is 0 Å². The van der Waals surface area contributed by atoms with Crippen LogP contribution in [0.1, 0.15) is 76.2 Å². The van der Waals surface area contributed by atoms with Crippen LogP contribution in [0.5, 0.6) is 0 Å². The Balaban J connectivity index is 1.18. The highest BCUT2D eigenvalue weighted by atomic mass is 16.6. The fraction of sp³-hybridized carbons (Fsp3) is 0.486. The lowest BCUT2D eigenvalue weighted by Crippen LogP contribution is -2.56. The summed E-state index contributed by atoms with van der Waals surface area (Å²) in [5.74, 6) is -2.40. The predicted octanol–water partition coefficient (Wildman–Crippen LogP) is 5.19. The molecular formula is C37H44N4O7. The quantitative estimate of drug-likeness (QED) is 0.211. The lowest BCUT2D eigenvalue weighted by molar-refractivity contribution is -0.145. The first-order chi connectivity index (χ1) is 23.3. The second kappa shape index (κ2) is 15.0. The van der Waals surface area contributed by atoms with Crippen LogP contribution >= 0.6 is 0 Å². The average molecular weight is 657 g/mol. The summed E-state index contributed by atoms with van der Waals surface area (Å²) in [5, 5.41) is 19.8. The summed E-state index contributed by atoms with van der Waals surface area (Å²) in [5.41, 5.74) is 1.58. The van der Waals surface area contributed by atoms with Gasteiger partial charge in [0.25, 0.3) is 0 Å². The molecule has 2 aromatic rings. The molecule has 2 saturated carbocycles. The fourth-order valence-corrected chi connectivity index (χ4v) is 7.04. The molecule has 0 bridgehead atoms. The molecule has 2 aliphatic heterocycles. The second-order valence-corrected chi connectivity index (χ2v) is 13.3. The van der Waals surface area contributed by atoms with Gasteiger partial charge in [0, 0.05) is 12.3 Å². The molecule has 6 rings (SSSR count). The lowest BCUT2D eigenvalue weighted by Gasteiger charge is -2.29. The number of ether oxygens (including phenoxy) is 1. The van der Waals surface area contributed by atoms with E-state index in [1.54, 1.807) is 6.21 Å². The van der Waals surface area contributed by atoms with Gasteiger partial charge in [-0.05, 0) is 68.1 Å². The van der Waals surface area contributed by atoms with Crippen molar-refractivity contribution >= 4 is 30.1 Å². The van der Waals surface area contributed by atoms with Crippen LogP contribution in [-0.2, 0) is 24.0 Å². The van der Waals surface area contributed by atoms with Crippen molar-refractivity contribution in [2.24, 2.45) is 11.1 Å². The van der Waals surface area contributed by atoms with E-state index in [0.29, 0.717) is 12.8 Å². The van der Waals surface area contributed by atoms with E-state index in [-0.39, 0.29) is 31.4 Å². The SMILES string of the molecule is O=C(N[C@H]1CCCCC/C=C\[C@@H]2CC2(C(=O)O)NC(=O)[C@@H]2C[C@@H](O/N=C/c3ccc(-c4ccccc4)cc3)CN2C1=O)OC1CCCC1. The molecule has 254 valence electrons. The first-order valence-electron chi connectivity index (χ1n) is 17.2. The maximum Gasteiger partial charge on any atom is 0.408 e. The number of hydrogen-bond donors (Lipinski definition) is 3. The van der Waals surface area contributed by atoms with Crippen LogP contribution in [0, 0.1) is 5.92 Å². The number of nitrogens with zero attached hydrogens (tertiary/aromatic N) is 2. The van der Waals surface area contributed by atoms with Gasteiger partial charge in [0.2, 0.25) is 11.8 Å². The van der Waals surface area contributed by atoms with Crippen LogP contribution in [-0.4, -0.2) is 76.5 Å². The van der Waals surface area contributed by atoms with Gasteiger partial charge >= 0.3 is 12.1 Å². The van der Waals surface area contributed by atoms with Crippen LogP contribution in [0.15, 0.2) is 71.9 Å². The van der Waals surface area contributed by atoms with Crippen molar-refractivity contribution in [2.45, 2.75) is 100 Å². The van der Waals surface area contributed by atoms with Gasteiger partial charge in [0.15, 0.2) is 0 Å². The van der Waals surface area contributed by atoms with Crippen LogP contribution in [0.2, 0.25) is 0 Å². The van der Waals surface area contributed by atoms with Gasteiger partial charge in [-0.2, -0.15) is 0 Å². The number of carbonyl (C=O) groups is 4. The van der Waals surface area contributed by atoms with Crippen molar-refractivity contribution in [3.63, 3.8) is 0 Å². The molecule has 0 radical (unpaired) electrons. The number of nitrogens with one attached hydrogen (secondary N) is 2. The number of amides is 3. The number of aliphatic carboxylic acids is 1. The van der Waals surface area contributed by atoms with Gasteiger partial charge in [-0.3, -0.25) is 9.59 Å². The van der Waals surface area contributed by atoms with Crippen LogP contribution in [0.4, 0.5) is 4.79 Å². The minimum atomic E-state index is -1.41. The summed E-state index contributed by atoms with van der Waals surface area (Å²) >= 11 is 0. The van der Waals surface area contributed by atoms with E-state index >= 15 is 0 Å². The van der Waals surface area contributed by atoms with E-state index in [0.717, 1.165) is 61.6 Å². The highest BCUT2D eigenvalue weighted by molar-refractivity contribution is 5.96. The molecule has 0 spiro atoms. The molecule has 3 N–H and O–H groups in total. The molecule has 3 fully saturated rings. The molecule has 4 aliphatic rings. The van der Waals surface area contributed by atoms with E-state index in [2.05, 4.69) is 15.8 Å². The third-order valence-corrected chi connectivity index (χ3v) is 9.92. The minimum Gasteiger partial charge on any atom is -0.479 e. The molecule has 48 heavy (non-hydrogen) atoms. The highest BCUT2D eigenvalue weighted by Gasteiger charge is 2.61. The van der Waals surface area contributed by atoms with Gasteiger partial charge in [0.05, 0.1) is 12.8 Å². The van der Waals surface area contributed by atoms with Crippen LogP contribution < -0.4 is 10.6 Å². The monoisotopic (exact) mass is 656 g/mol. The van der Waals surface area contributed by atoms with Crippen LogP contribution in [0.25, 0.3) is 11.1 Å². The topological polar surface area (TPSA) is 147 Å². The van der Waals surface area contributed by atoms with Crippen molar-refractivity contribution < 1.29 is 33.9 Å². The molecule has 2 aliphatic carbocycles. The lowest BCUT2D eigenvalue weighted by atomic mass is 10.0. The van der Waals surface area contributed by atoms with Crippen LogP contribution in [0.3, 0.4) is 0 Å². The Morgan fingerprint density at radius 1 is 0.938 bits per heavy atom. The Morgan fingerprint density at radius 2 is 1.67 bits per heavy atom. The number of hydrogen-bond acceptors (Lipinski definition) is 7. The summed E-state index contributed by atoms with van der Waals surface area (Å²) in [6, 6.07) is 16.0. The Kier molecular flexibility index (Phi) is 10.4. The number of fused-ring (bicyclic) bond motifs is 2. The zero-order valence-corrected chi connectivity index (χ0v) is 27.1. The van der Waals surface area contributed by atoms with Gasteiger partial charge in [-0.15, -0.1) is 0 Å². The largest absolute Gasteiger partial charge is 0.479 e. The summed E-state index contributed by atoms with van der Waals surface area (Å²) < 4.78 is 5.61. The van der Waals surface area contributed by atoms with E-state index in [9.17, 15) is 24.3 Å². The number of carboxylic acid groups (broad SMARTS) is 1. The fourth-order valence-electron chi connectivity index (χ4n) is 7.04. The Labute approximate surface area is 280 Å². The Bertz CT molecular complexity index is 1520. The smallest absolute Gasteiger partial charge is 0.408 e. The number of oxime groups is 1. The molecule has 11 heteroatoms. The number of carboxylic acids is 1. The molecular weight excluding hydrogens is 612 g/mol. The van der Waals surface area contributed by atoms with E-state index in [1.807, 2.05) is 66.7 Å². The number of rotatable bonds is 7. The third-order valence-electron chi connectivity index (χ3n) is 9.92. The van der Waals surface area contributed by atoms with Crippen molar-refractivity contribution in [3.05, 3.63) is 72.3 Å². The molecule has 3 amide bonds. The molecule has 5 atom stereocenters. The zero-order chi connectivity index (χ0) is 33.5. The molecule has 2 aromatic carbocycles. The standard InChI is InChI=1S/C37H44N4O7/c42-33-32-21-30(48-38-23-25-17-19-27(20-18-25)26-11-5-4-6-12-26)24-41(32)34(43)31(39-36(46)47-29-14-9-10-15-29)16-8-3-1-2-7-13-28-22-37(28,40-33)35(44)45/h4-7,11-13,17-20,23,28-32H,1-3,8-10,14-16,21-22,24H2,(H,39,46)(H,40,42)(H,44,45)/b13-7-,38-23+/t28-,30-,31+,32+,37?/m1/s1. The maximum atomic E-state index is 14.1. The molecule has 0 aromatic heterocycles. The van der Waals surface area contributed by atoms with Gasteiger partial charge < -0.3 is 30.2 Å². The molecule has 2 heterocycles. The summed E-state index contributed by atoms with van der Waals surface area (Å²) in [4.78, 5) is 60.4. The highest BCUT2D eigenvalue weighted by Crippen LogP contribution is 2.45. The zero-order valence-electron chi connectivity index (χ0n) is 27.1. The summed E-state index contributed by atoms with van der Waals surface area (Å²) in [7, 11) is 0. The summed E-state index contributed by atoms with van der Waals surface area (Å²) in [6.07, 6.45) is 11.6. The van der Waals surface area contributed by atoms with E-state index in [4.69, 9.17) is 9.57 Å². The van der Waals surface area contributed by atoms with E-state index in [1.165, 1.54) is 4.90 Å². The minimum absolute atomic E-state index is 0.0560. The maximum absolute atomic E-state index is 14.1. The normalized spacial score (nSPS) is 28.8. The second-order valence-electron chi connectivity index (χ2n) is 13.3. The van der Waals surface area contributed by atoms with Crippen molar-refractivity contribution in [2.75, 3.05) is 6.54 Å². The van der Waals surface area contributed by atoms with Gasteiger partial charge in [-0.1, -0.05) is 84.7 Å². The molecule has 1 saturated heterocycles.